The summed E-state index contributed by atoms with van der Waals surface area (Å²) in [5.74, 6) is -0.661. The number of para-hydroxylation sites is 1. The average molecular weight is 288 g/mol. The maximum Gasteiger partial charge on any atom is 0.240 e. The Kier molecular flexibility index (Phi) is 4.20. The lowest BCUT2D eigenvalue weighted by molar-refractivity contribution is -0.135. The van der Waals surface area contributed by atoms with Gasteiger partial charge in [-0.3, -0.25) is 9.59 Å². The molecule has 0 aliphatic carbocycles. The van der Waals surface area contributed by atoms with Gasteiger partial charge in [0.1, 0.15) is 5.41 Å². The second-order valence-corrected chi connectivity index (χ2v) is 5.82. The van der Waals surface area contributed by atoms with Crippen molar-refractivity contribution >= 4 is 33.8 Å². The lowest BCUT2D eigenvalue weighted by Crippen LogP contribution is -2.41. The highest BCUT2D eigenvalue weighted by molar-refractivity contribution is 7.14. The van der Waals surface area contributed by atoms with Crippen LogP contribution < -0.4 is 10.6 Å². The van der Waals surface area contributed by atoms with E-state index in [9.17, 15) is 9.59 Å². The first-order chi connectivity index (χ1) is 9.50. The standard InChI is InChI=1S/C15H16N2O2S/c1-15(2,14(19)17-12-9-6-10-20-12)13(18)16-11-7-4-3-5-8-11/h3-10H,1-2H3,(H,16,18)(H,17,19). The van der Waals surface area contributed by atoms with Crippen LogP contribution >= 0.6 is 11.3 Å². The monoisotopic (exact) mass is 288 g/mol. The molecule has 1 aromatic carbocycles. The molecular weight excluding hydrogens is 272 g/mol. The summed E-state index contributed by atoms with van der Waals surface area (Å²) in [7, 11) is 0. The van der Waals surface area contributed by atoms with Gasteiger partial charge in [0.2, 0.25) is 11.8 Å². The SMILES string of the molecule is CC(C)(C(=O)Nc1ccccc1)C(=O)Nc1cccs1. The fourth-order valence-electron chi connectivity index (χ4n) is 1.53. The molecule has 2 aromatic rings. The van der Waals surface area contributed by atoms with Crippen molar-refractivity contribution in [1.29, 1.82) is 0 Å². The van der Waals surface area contributed by atoms with Crippen LogP contribution in [0.4, 0.5) is 10.7 Å². The molecule has 2 N–H and O–H groups in total. The van der Waals surface area contributed by atoms with E-state index in [1.54, 1.807) is 32.0 Å². The van der Waals surface area contributed by atoms with Crippen molar-refractivity contribution in [3.05, 3.63) is 47.8 Å². The molecule has 0 unspecified atom stereocenters. The molecule has 1 heterocycles. The molecule has 20 heavy (non-hydrogen) atoms. The van der Waals surface area contributed by atoms with Crippen molar-refractivity contribution in [2.45, 2.75) is 13.8 Å². The number of hydrogen-bond acceptors (Lipinski definition) is 3. The van der Waals surface area contributed by atoms with Crippen molar-refractivity contribution in [2.75, 3.05) is 10.6 Å². The minimum Gasteiger partial charge on any atom is -0.325 e. The van der Waals surface area contributed by atoms with Crippen LogP contribution in [0.5, 0.6) is 0 Å². The Morgan fingerprint density at radius 3 is 2.20 bits per heavy atom. The zero-order valence-electron chi connectivity index (χ0n) is 11.3. The van der Waals surface area contributed by atoms with Crippen molar-refractivity contribution in [3.63, 3.8) is 0 Å². The molecule has 0 saturated heterocycles. The van der Waals surface area contributed by atoms with Crippen LogP contribution in [0.3, 0.4) is 0 Å². The van der Waals surface area contributed by atoms with Crippen LogP contribution in [-0.2, 0) is 9.59 Å². The quantitative estimate of drug-likeness (QED) is 0.848. The summed E-state index contributed by atoms with van der Waals surface area (Å²) in [6, 6.07) is 12.7. The van der Waals surface area contributed by atoms with E-state index in [-0.39, 0.29) is 11.8 Å². The van der Waals surface area contributed by atoms with Gasteiger partial charge in [0.05, 0.1) is 5.00 Å². The molecule has 1 aromatic heterocycles. The van der Waals surface area contributed by atoms with Gasteiger partial charge in [-0.05, 0) is 43.5 Å². The third kappa shape index (κ3) is 3.24. The number of anilines is 2. The Bertz CT molecular complexity index is 592. The fourth-order valence-corrected chi connectivity index (χ4v) is 2.14. The highest BCUT2D eigenvalue weighted by Gasteiger charge is 2.36. The first-order valence-corrected chi connectivity index (χ1v) is 7.09. The lowest BCUT2D eigenvalue weighted by Gasteiger charge is -2.22. The number of carbonyl (C=O) groups is 2. The molecule has 0 fully saturated rings. The van der Waals surface area contributed by atoms with Crippen molar-refractivity contribution in [1.82, 2.24) is 0 Å². The topological polar surface area (TPSA) is 58.2 Å². The van der Waals surface area contributed by atoms with E-state index in [1.165, 1.54) is 11.3 Å². The lowest BCUT2D eigenvalue weighted by atomic mass is 9.91. The highest BCUT2D eigenvalue weighted by Crippen LogP contribution is 2.23. The molecule has 104 valence electrons. The number of benzene rings is 1. The first kappa shape index (κ1) is 14.3. The van der Waals surface area contributed by atoms with E-state index in [0.717, 1.165) is 5.00 Å². The second kappa shape index (κ2) is 5.88. The van der Waals surface area contributed by atoms with Crippen molar-refractivity contribution in [3.8, 4) is 0 Å². The van der Waals surface area contributed by atoms with Gasteiger partial charge in [0, 0.05) is 5.69 Å². The van der Waals surface area contributed by atoms with Gasteiger partial charge in [-0.15, -0.1) is 11.3 Å². The van der Waals surface area contributed by atoms with Gasteiger partial charge in [0.15, 0.2) is 0 Å². The van der Waals surface area contributed by atoms with Crippen LogP contribution in [0.25, 0.3) is 0 Å². The number of thiophene rings is 1. The Morgan fingerprint density at radius 2 is 1.60 bits per heavy atom. The number of carbonyl (C=O) groups excluding carboxylic acids is 2. The van der Waals surface area contributed by atoms with Crippen LogP contribution in [0.2, 0.25) is 0 Å². The minimum atomic E-state index is -1.15. The zero-order chi connectivity index (χ0) is 14.6. The molecule has 0 saturated carbocycles. The van der Waals surface area contributed by atoms with Crippen LogP contribution in [-0.4, -0.2) is 11.8 Å². The summed E-state index contributed by atoms with van der Waals surface area (Å²) in [4.78, 5) is 24.4. The maximum absolute atomic E-state index is 12.2. The van der Waals surface area contributed by atoms with E-state index in [2.05, 4.69) is 10.6 Å². The predicted octanol–water partition coefficient (Wildman–Crippen LogP) is 3.35. The molecule has 0 bridgehead atoms. The van der Waals surface area contributed by atoms with Gasteiger partial charge in [-0.1, -0.05) is 18.2 Å². The van der Waals surface area contributed by atoms with E-state index in [4.69, 9.17) is 0 Å². The maximum atomic E-state index is 12.2. The van der Waals surface area contributed by atoms with E-state index < -0.39 is 5.41 Å². The largest absolute Gasteiger partial charge is 0.325 e. The zero-order valence-corrected chi connectivity index (χ0v) is 12.2. The Hall–Kier alpha value is -2.14. The number of rotatable bonds is 4. The average Bonchev–Trinajstić information content (AvgIpc) is 2.92. The molecule has 0 aliphatic heterocycles. The fraction of sp³-hybridized carbons (Fsp3) is 0.200. The summed E-state index contributed by atoms with van der Waals surface area (Å²) in [5, 5.41) is 8.09. The predicted molar refractivity (Wildman–Crippen MR) is 81.8 cm³/mol. The van der Waals surface area contributed by atoms with Gasteiger partial charge in [0.25, 0.3) is 0 Å². The molecule has 0 aliphatic rings. The van der Waals surface area contributed by atoms with Crippen molar-refractivity contribution in [2.24, 2.45) is 5.41 Å². The third-order valence-corrected chi connectivity index (χ3v) is 3.71. The molecular formula is C15H16N2O2S. The molecule has 4 nitrogen and oxygen atoms in total. The van der Waals surface area contributed by atoms with Gasteiger partial charge in [-0.2, -0.15) is 0 Å². The second-order valence-electron chi connectivity index (χ2n) is 4.88. The number of amides is 2. The third-order valence-electron chi connectivity index (χ3n) is 2.92. The Balaban J connectivity index is 2.05. The molecule has 0 radical (unpaired) electrons. The summed E-state index contributed by atoms with van der Waals surface area (Å²) >= 11 is 1.42. The van der Waals surface area contributed by atoms with E-state index in [1.807, 2.05) is 29.6 Å². The van der Waals surface area contributed by atoms with Crippen LogP contribution in [0.15, 0.2) is 47.8 Å². The summed E-state index contributed by atoms with van der Waals surface area (Å²) in [5.41, 5.74) is -0.477. The number of nitrogens with one attached hydrogen (secondary N) is 2. The van der Waals surface area contributed by atoms with Crippen LogP contribution in [0, 0.1) is 5.41 Å². The first-order valence-electron chi connectivity index (χ1n) is 6.21. The molecule has 2 amide bonds. The van der Waals surface area contributed by atoms with E-state index in [0.29, 0.717) is 5.69 Å². The highest BCUT2D eigenvalue weighted by atomic mass is 32.1. The van der Waals surface area contributed by atoms with Crippen LogP contribution in [0.1, 0.15) is 13.8 Å². The Morgan fingerprint density at radius 1 is 0.950 bits per heavy atom. The summed E-state index contributed by atoms with van der Waals surface area (Å²) < 4.78 is 0. The minimum absolute atomic E-state index is 0.326. The van der Waals surface area contributed by atoms with Crippen molar-refractivity contribution < 1.29 is 9.59 Å². The molecule has 5 heteroatoms. The van der Waals surface area contributed by atoms with Gasteiger partial charge < -0.3 is 10.6 Å². The van der Waals surface area contributed by atoms with Gasteiger partial charge >= 0.3 is 0 Å². The molecule has 0 atom stereocenters. The van der Waals surface area contributed by atoms with E-state index >= 15 is 0 Å². The van der Waals surface area contributed by atoms with Gasteiger partial charge in [-0.25, -0.2) is 0 Å². The molecule has 2 rings (SSSR count). The summed E-state index contributed by atoms with van der Waals surface area (Å²) in [6.45, 7) is 3.21. The Labute approximate surface area is 121 Å². The normalized spacial score (nSPS) is 10.9. The smallest absolute Gasteiger partial charge is 0.240 e. The summed E-state index contributed by atoms with van der Waals surface area (Å²) in [6.07, 6.45) is 0. The number of hydrogen-bond donors (Lipinski definition) is 2. The molecule has 0 spiro atoms.